The molecule has 36 heavy (non-hydrogen) atoms. The van der Waals surface area contributed by atoms with Crippen molar-refractivity contribution in [3.8, 4) is 5.75 Å². The Morgan fingerprint density at radius 3 is 2.69 bits per heavy atom. The number of non-ortho nitro benzene ring substituents is 1. The third-order valence-corrected chi connectivity index (χ3v) is 6.76. The minimum atomic E-state index is -1.43. The molecule has 12 heteroatoms. The molecule has 11 nitrogen and oxygen atoms in total. The Hall–Kier alpha value is -3.12. The van der Waals surface area contributed by atoms with Crippen LogP contribution in [0.15, 0.2) is 36.4 Å². The summed E-state index contributed by atoms with van der Waals surface area (Å²) in [6, 6.07) is 8.43. The molecule has 2 aromatic carbocycles. The fourth-order valence-corrected chi connectivity index (χ4v) is 5.15. The van der Waals surface area contributed by atoms with Crippen molar-refractivity contribution in [2.45, 2.75) is 50.5 Å². The molecule has 0 radical (unpaired) electrons. The van der Waals surface area contributed by atoms with Gasteiger partial charge >= 0.3 is 6.09 Å². The molecule has 0 fully saturated rings. The number of alkyl carbamates (subject to hydrolysis) is 1. The van der Waals surface area contributed by atoms with Gasteiger partial charge in [-0.25, -0.2) is 4.79 Å². The smallest absolute Gasteiger partial charge is 0.409 e. The number of carbonyl (C=O) groups is 1. The predicted molar refractivity (Wildman–Crippen MR) is 130 cm³/mol. The molecule has 1 amide bonds. The van der Waals surface area contributed by atoms with Crippen LogP contribution in [0, 0.1) is 10.1 Å². The van der Waals surface area contributed by atoms with Crippen LogP contribution in [-0.4, -0.2) is 61.1 Å². The van der Waals surface area contributed by atoms with Crippen molar-refractivity contribution in [3.63, 3.8) is 0 Å². The van der Waals surface area contributed by atoms with E-state index in [-0.39, 0.29) is 12.1 Å². The number of ether oxygens (including phenoxy) is 4. The van der Waals surface area contributed by atoms with Crippen LogP contribution in [0.4, 0.5) is 16.2 Å². The second-order valence-electron chi connectivity index (χ2n) is 8.73. The standard InChI is InChI=1S/C24H28ClN3O8/c1-5-26-23(30)35-19-11-13-10-14(25)6-8-17(13)27(19)20-16-12-15(28(31)32)7-9-18(16)36-24(2,21(20)29)22(33-3)34-4/h6-10,12,19-22,29H,5,11H2,1-4H3,(H,26,30)/t19-,20+,21-,24+/m1/s1. The van der Waals surface area contributed by atoms with E-state index in [4.69, 9.17) is 30.5 Å². The number of nitro benzene ring substituents is 1. The number of benzene rings is 2. The van der Waals surface area contributed by atoms with Crippen LogP contribution < -0.4 is 15.0 Å². The highest BCUT2D eigenvalue weighted by atomic mass is 35.5. The number of hydrogen-bond acceptors (Lipinski definition) is 9. The zero-order chi connectivity index (χ0) is 26.2. The van der Waals surface area contributed by atoms with Crippen LogP contribution in [0.5, 0.6) is 5.75 Å². The molecule has 0 spiro atoms. The van der Waals surface area contributed by atoms with Gasteiger partial charge in [0.1, 0.15) is 11.9 Å². The summed E-state index contributed by atoms with van der Waals surface area (Å²) in [4.78, 5) is 25.3. The molecule has 0 aliphatic carbocycles. The molecule has 2 aromatic rings. The normalized spacial score (nSPS) is 24.6. The first-order valence-corrected chi connectivity index (χ1v) is 11.7. The van der Waals surface area contributed by atoms with E-state index in [2.05, 4.69) is 5.32 Å². The number of anilines is 1. The highest BCUT2D eigenvalue weighted by Crippen LogP contribution is 2.50. The largest absolute Gasteiger partial charge is 0.479 e. The van der Waals surface area contributed by atoms with E-state index in [0.717, 1.165) is 5.56 Å². The number of nitro groups is 1. The number of amides is 1. The first-order chi connectivity index (χ1) is 17.1. The van der Waals surface area contributed by atoms with E-state index < -0.39 is 41.3 Å². The van der Waals surface area contributed by atoms with Gasteiger partial charge in [0.2, 0.25) is 0 Å². The maximum absolute atomic E-state index is 12.4. The molecule has 4 rings (SSSR count). The van der Waals surface area contributed by atoms with Gasteiger partial charge in [-0.05, 0) is 43.7 Å². The van der Waals surface area contributed by atoms with Gasteiger partial charge in [-0.1, -0.05) is 11.6 Å². The fraction of sp³-hybridized carbons (Fsp3) is 0.458. The first-order valence-electron chi connectivity index (χ1n) is 11.4. The molecule has 2 heterocycles. The van der Waals surface area contributed by atoms with Gasteiger partial charge in [0.25, 0.3) is 5.69 Å². The summed E-state index contributed by atoms with van der Waals surface area (Å²) in [5.74, 6) is 0.302. The van der Waals surface area contributed by atoms with E-state index in [1.165, 1.54) is 32.4 Å². The minimum absolute atomic E-state index is 0.176. The van der Waals surface area contributed by atoms with Gasteiger partial charge in [0, 0.05) is 55.6 Å². The van der Waals surface area contributed by atoms with Crippen LogP contribution in [0.1, 0.15) is 31.0 Å². The lowest BCUT2D eigenvalue weighted by Gasteiger charge is -2.50. The van der Waals surface area contributed by atoms with Crippen LogP contribution in [0.3, 0.4) is 0 Å². The van der Waals surface area contributed by atoms with Gasteiger partial charge in [-0.15, -0.1) is 0 Å². The van der Waals surface area contributed by atoms with Crippen LogP contribution in [-0.2, 0) is 20.6 Å². The highest BCUT2D eigenvalue weighted by molar-refractivity contribution is 6.30. The topological polar surface area (TPSA) is 133 Å². The van der Waals surface area contributed by atoms with Gasteiger partial charge in [0.05, 0.1) is 11.0 Å². The SMILES string of the molecule is CCNC(=O)O[C@@H]1Cc2cc(Cl)ccc2N1[C@H]1c2cc([N+](=O)[O-])ccc2O[C@](C)(C(OC)OC)[C@@H]1O. The third kappa shape index (κ3) is 4.43. The number of nitrogens with zero attached hydrogens (tertiary/aromatic N) is 2. The van der Waals surface area contributed by atoms with Crippen molar-refractivity contribution in [3.05, 3.63) is 62.7 Å². The van der Waals surface area contributed by atoms with Gasteiger partial charge in [-0.3, -0.25) is 10.1 Å². The average Bonchev–Trinajstić information content (AvgIpc) is 3.16. The number of aliphatic hydroxyl groups is 1. The molecule has 0 bridgehead atoms. The molecule has 2 aliphatic rings. The maximum atomic E-state index is 12.4. The molecule has 2 N–H and O–H groups in total. The predicted octanol–water partition coefficient (Wildman–Crippen LogP) is 3.56. The Kier molecular flexibility index (Phi) is 7.28. The average molecular weight is 522 g/mol. The molecular weight excluding hydrogens is 494 g/mol. The zero-order valence-electron chi connectivity index (χ0n) is 20.3. The van der Waals surface area contributed by atoms with Crippen molar-refractivity contribution >= 4 is 29.1 Å². The van der Waals surface area contributed by atoms with E-state index in [0.29, 0.717) is 28.6 Å². The zero-order valence-corrected chi connectivity index (χ0v) is 21.0. The number of fused-ring (bicyclic) bond motifs is 2. The lowest BCUT2D eigenvalue weighted by Crippen LogP contribution is -2.63. The fourth-order valence-electron chi connectivity index (χ4n) is 4.96. The Morgan fingerprint density at radius 1 is 1.33 bits per heavy atom. The van der Waals surface area contributed by atoms with Crippen molar-refractivity contribution in [2.24, 2.45) is 0 Å². The number of aliphatic hydroxyl groups excluding tert-OH is 1. The molecule has 2 aliphatic heterocycles. The number of carbonyl (C=O) groups excluding carboxylic acids is 1. The highest BCUT2D eigenvalue weighted by Gasteiger charge is 2.56. The summed E-state index contributed by atoms with van der Waals surface area (Å²) < 4.78 is 22.8. The van der Waals surface area contributed by atoms with E-state index in [1.807, 2.05) is 0 Å². The van der Waals surface area contributed by atoms with Crippen LogP contribution >= 0.6 is 11.6 Å². The Bertz CT molecular complexity index is 1160. The Labute approximate surface area is 213 Å². The summed E-state index contributed by atoms with van der Waals surface area (Å²) in [6.07, 6.45) is -3.52. The second kappa shape index (κ2) is 10.1. The van der Waals surface area contributed by atoms with E-state index in [1.54, 1.807) is 36.9 Å². The minimum Gasteiger partial charge on any atom is -0.479 e. The molecule has 0 unspecified atom stereocenters. The van der Waals surface area contributed by atoms with Crippen LogP contribution in [0.2, 0.25) is 5.02 Å². The monoisotopic (exact) mass is 521 g/mol. The third-order valence-electron chi connectivity index (χ3n) is 6.52. The lowest BCUT2D eigenvalue weighted by molar-refractivity contribution is -0.385. The molecular formula is C24H28ClN3O8. The maximum Gasteiger partial charge on any atom is 0.409 e. The van der Waals surface area contributed by atoms with Crippen molar-refractivity contribution in [1.29, 1.82) is 0 Å². The lowest BCUT2D eigenvalue weighted by atomic mass is 9.83. The molecule has 0 saturated carbocycles. The van der Waals surface area contributed by atoms with E-state index in [9.17, 15) is 20.0 Å². The molecule has 194 valence electrons. The van der Waals surface area contributed by atoms with E-state index >= 15 is 0 Å². The summed E-state index contributed by atoms with van der Waals surface area (Å²) in [7, 11) is 2.84. The second-order valence-corrected chi connectivity index (χ2v) is 9.17. The van der Waals surface area contributed by atoms with Crippen LogP contribution in [0.25, 0.3) is 0 Å². The Morgan fingerprint density at radius 2 is 2.06 bits per heavy atom. The number of halogens is 1. The number of rotatable bonds is 7. The number of nitrogens with one attached hydrogen (secondary N) is 1. The van der Waals surface area contributed by atoms with Crippen molar-refractivity contribution < 1.29 is 33.8 Å². The number of hydrogen-bond donors (Lipinski definition) is 2. The first kappa shape index (κ1) is 26.0. The molecule has 0 saturated heterocycles. The van der Waals surface area contributed by atoms with Gasteiger partial charge in [-0.2, -0.15) is 0 Å². The summed E-state index contributed by atoms with van der Waals surface area (Å²) in [5.41, 5.74) is 0.199. The van der Waals surface area contributed by atoms with Gasteiger partial charge in [0.15, 0.2) is 18.1 Å². The molecule has 4 atom stereocenters. The summed E-state index contributed by atoms with van der Waals surface area (Å²) in [5, 5.41) is 26.5. The number of methoxy groups -OCH3 is 2. The Balaban J connectivity index is 1.91. The summed E-state index contributed by atoms with van der Waals surface area (Å²) >= 11 is 6.23. The summed E-state index contributed by atoms with van der Waals surface area (Å²) in [6.45, 7) is 3.76. The van der Waals surface area contributed by atoms with Crippen molar-refractivity contribution in [2.75, 3.05) is 25.7 Å². The quantitative estimate of drug-likeness (QED) is 0.319. The van der Waals surface area contributed by atoms with Crippen molar-refractivity contribution in [1.82, 2.24) is 5.32 Å². The van der Waals surface area contributed by atoms with Gasteiger partial charge < -0.3 is 34.3 Å². The molecule has 0 aromatic heterocycles.